The maximum absolute atomic E-state index is 12.8. The average molecular weight is 397 g/mol. The molecule has 2 aromatic rings. The van der Waals surface area contributed by atoms with Crippen LogP contribution in [-0.4, -0.2) is 33.4 Å². The molecule has 0 spiro atoms. The van der Waals surface area contributed by atoms with E-state index >= 15 is 0 Å². The zero-order chi connectivity index (χ0) is 19.5. The number of halogens is 1. The second-order valence-corrected chi connectivity index (χ2v) is 7.78. The molecule has 0 aliphatic heterocycles. The van der Waals surface area contributed by atoms with Crippen LogP contribution in [0.15, 0.2) is 53.4 Å². The summed E-state index contributed by atoms with van der Waals surface area (Å²) >= 11 is 5.98. The lowest BCUT2D eigenvalue weighted by Crippen LogP contribution is -2.30. The van der Waals surface area contributed by atoms with Crippen molar-refractivity contribution in [2.45, 2.75) is 17.9 Å². The van der Waals surface area contributed by atoms with E-state index in [0.717, 1.165) is 10.4 Å². The highest BCUT2D eigenvalue weighted by Gasteiger charge is 2.25. The van der Waals surface area contributed by atoms with Crippen molar-refractivity contribution in [1.82, 2.24) is 0 Å². The lowest BCUT2D eigenvalue weighted by atomic mass is 10.2. The number of carbonyl (C=O) groups excluding carboxylic acids is 2. The lowest BCUT2D eigenvalue weighted by Gasteiger charge is -2.20. The van der Waals surface area contributed by atoms with Crippen LogP contribution in [-0.2, 0) is 19.6 Å². The Balaban J connectivity index is 2.39. The van der Waals surface area contributed by atoms with Crippen molar-refractivity contribution in [3.05, 3.63) is 59.1 Å². The standard InChI is InChI=1S/C17H17ClN2O5S/c1-11(16(19)21)25-17(22)14-10-13(8-9-15(14)18)26(23,24)20(2)12-6-4-3-5-7-12/h3-11H,1-2H3,(H2,19,21)/t11-/m0/s1. The molecule has 7 nitrogen and oxygen atoms in total. The molecule has 138 valence electrons. The molecule has 9 heteroatoms. The molecule has 2 aromatic carbocycles. The molecule has 0 unspecified atom stereocenters. The fourth-order valence-corrected chi connectivity index (χ4v) is 3.46. The number of carbonyl (C=O) groups is 2. The van der Waals surface area contributed by atoms with Gasteiger partial charge in [-0.1, -0.05) is 29.8 Å². The summed E-state index contributed by atoms with van der Waals surface area (Å²) in [7, 11) is -2.54. The van der Waals surface area contributed by atoms with Gasteiger partial charge in [-0.3, -0.25) is 9.10 Å². The molecule has 2 rings (SSSR count). The van der Waals surface area contributed by atoms with E-state index in [1.165, 1.54) is 26.1 Å². The summed E-state index contributed by atoms with van der Waals surface area (Å²) in [6.45, 7) is 1.30. The Morgan fingerprint density at radius 3 is 2.35 bits per heavy atom. The largest absolute Gasteiger partial charge is 0.449 e. The number of amides is 1. The van der Waals surface area contributed by atoms with Gasteiger partial charge in [0.1, 0.15) is 0 Å². The molecule has 0 heterocycles. The van der Waals surface area contributed by atoms with Gasteiger partial charge in [-0.15, -0.1) is 0 Å². The molecular weight excluding hydrogens is 380 g/mol. The fraction of sp³-hybridized carbons (Fsp3) is 0.176. The smallest absolute Gasteiger partial charge is 0.340 e. The Kier molecular flexibility index (Phi) is 5.89. The van der Waals surface area contributed by atoms with Crippen molar-refractivity contribution in [2.75, 3.05) is 11.4 Å². The van der Waals surface area contributed by atoms with Crippen LogP contribution in [0.5, 0.6) is 0 Å². The van der Waals surface area contributed by atoms with Gasteiger partial charge in [-0.2, -0.15) is 0 Å². The highest BCUT2D eigenvalue weighted by molar-refractivity contribution is 7.92. The summed E-state index contributed by atoms with van der Waals surface area (Å²) in [4.78, 5) is 23.1. The number of ether oxygens (including phenoxy) is 1. The summed E-state index contributed by atoms with van der Waals surface area (Å²) in [6, 6.07) is 12.1. The summed E-state index contributed by atoms with van der Waals surface area (Å²) in [5.74, 6) is -1.78. The van der Waals surface area contributed by atoms with E-state index in [4.69, 9.17) is 22.1 Å². The SMILES string of the molecule is C[C@H](OC(=O)c1cc(S(=O)(=O)N(C)c2ccccc2)ccc1Cl)C(N)=O. The quantitative estimate of drug-likeness (QED) is 0.753. The molecule has 2 N–H and O–H groups in total. The first-order chi connectivity index (χ1) is 12.1. The van der Waals surface area contributed by atoms with Crippen molar-refractivity contribution < 1.29 is 22.7 Å². The third-order valence-electron chi connectivity index (χ3n) is 3.62. The van der Waals surface area contributed by atoms with E-state index in [2.05, 4.69) is 0 Å². The van der Waals surface area contributed by atoms with E-state index in [0.29, 0.717) is 5.69 Å². The molecule has 0 aliphatic rings. The predicted molar refractivity (Wildman–Crippen MR) is 97.6 cm³/mol. The summed E-state index contributed by atoms with van der Waals surface area (Å²) in [5, 5.41) is -0.00650. The minimum Gasteiger partial charge on any atom is -0.449 e. The number of primary amides is 1. The Labute approximate surface area is 156 Å². The molecule has 0 saturated carbocycles. The van der Waals surface area contributed by atoms with Gasteiger partial charge in [0.25, 0.3) is 15.9 Å². The molecule has 0 radical (unpaired) electrons. The number of para-hydroxylation sites is 1. The molecule has 0 bridgehead atoms. The van der Waals surface area contributed by atoms with Gasteiger partial charge in [0.05, 0.1) is 21.2 Å². The van der Waals surface area contributed by atoms with Crippen LogP contribution >= 0.6 is 11.6 Å². The number of hydrogen-bond donors (Lipinski definition) is 1. The Bertz CT molecular complexity index is 931. The zero-order valence-corrected chi connectivity index (χ0v) is 15.6. The van der Waals surface area contributed by atoms with Crippen molar-refractivity contribution in [3.63, 3.8) is 0 Å². The summed E-state index contributed by atoms with van der Waals surface area (Å²) in [6.07, 6.45) is -1.18. The van der Waals surface area contributed by atoms with E-state index in [1.54, 1.807) is 30.3 Å². The number of nitrogens with zero attached hydrogens (tertiary/aromatic N) is 1. The van der Waals surface area contributed by atoms with Crippen molar-refractivity contribution >= 4 is 39.2 Å². The monoisotopic (exact) mass is 396 g/mol. The molecule has 0 fully saturated rings. The van der Waals surface area contributed by atoms with Gasteiger partial charge in [-0.05, 0) is 37.3 Å². The molecular formula is C17H17ClN2O5S. The Hall–Kier alpha value is -2.58. The van der Waals surface area contributed by atoms with Crippen molar-refractivity contribution in [3.8, 4) is 0 Å². The van der Waals surface area contributed by atoms with Crippen LogP contribution < -0.4 is 10.0 Å². The number of benzene rings is 2. The first-order valence-corrected chi connectivity index (χ1v) is 9.30. The molecule has 0 aromatic heterocycles. The van der Waals surface area contributed by atoms with Crippen LogP contribution in [0, 0.1) is 0 Å². The number of anilines is 1. The van der Waals surface area contributed by atoms with Crippen LogP contribution in [0.2, 0.25) is 5.02 Å². The van der Waals surface area contributed by atoms with Crippen LogP contribution in [0.4, 0.5) is 5.69 Å². The van der Waals surface area contributed by atoms with Crippen molar-refractivity contribution in [2.24, 2.45) is 5.73 Å². The minimum atomic E-state index is -3.93. The van der Waals surface area contributed by atoms with Crippen LogP contribution in [0.25, 0.3) is 0 Å². The number of rotatable bonds is 6. The lowest BCUT2D eigenvalue weighted by molar-refractivity contribution is -0.125. The van der Waals surface area contributed by atoms with Crippen LogP contribution in [0.1, 0.15) is 17.3 Å². The van der Waals surface area contributed by atoms with E-state index in [9.17, 15) is 18.0 Å². The van der Waals surface area contributed by atoms with Gasteiger partial charge in [0.15, 0.2) is 6.10 Å². The fourth-order valence-electron chi connectivity index (χ4n) is 2.04. The maximum atomic E-state index is 12.8. The number of esters is 1. The number of hydrogen-bond acceptors (Lipinski definition) is 5. The number of nitrogens with two attached hydrogens (primary N) is 1. The maximum Gasteiger partial charge on any atom is 0.340 e. The highest BCUT2D eigenvalue weighted by atomic mass is 35.5. The van der Waals surface area contributed by atoms with Gasteiger partial charge >= 0.3 is 5.97 Å². The average Bonchev–Trinajstić information content (AvgIpc) is 2.61. The van der Waals surface area contributed by atoms with Gasteiger partial charge in [0, 0.05) is 7.05 Å². The Morgan fingerprint density at radius 2 is 1.77 bits per heavy atom. The number of sulfonamides is 1. The molecule has 1 atom stereocenters. The molecule has 26 heavy (non-hydrogen) atoms. The Morgan fingerprint density at radius 1 is 1.15 bits per heavy atom. The first kappa shape index (κ1) is 19.7. The second-order valence-electron chi connectivity index (χ2n) is 5.40. The summed E-state index contributed by atoms with van der Waals surface area (Å²) < 4.78 is 31.6. The van der Waals surface area contributed by atoms with E-state index in [1.807, 2.05) is 0 Å². The third-order valence-corrected chi connectivity index (χ3v) is 5.73. The summed E-state index contributed by atoms with van der Waals surface area (Å²) in [5.41, 5.74) is 5.33. The predicted octanol–water partition coefficient (Wildman–Crippen LogP) is 2.20. The zero-order valence-electron chi connectivity index (χ0n) is 14.0. The van der Waals surface area contributed by atoms with E-state index in [-0.39, 0.29) is 15.5 Å². The van der Waals surface area contributed by atoms with Gasteiger partial charge < -0.3 is 10.5 Å². The molecule has 0 aliphatic carbocycles. The first-order valence-electron chi connectivity index (χ1n) is 7.48. The second kappa shape index (κ2) is 7.76. The topological polar surface area (TPSA) is 107 Å². The van der Waals surface area contributed by atoms with Crippen molar-refractivity contribution in [1.29, 1.82) is 0 Å². The minimum absolute atomic E-state index is 0.00650. The highest BCUT2D eigenvalue weighted by Crippen LogP contribution is 2.26. The molecule has 0 saturated heterocycles. The van der Waals surface area contributed by atoms with Gasteiger partial charge in [0.2, 0.25) is 0 Å². The van der Waals surface area contributed by atoms with Gasteiger partial charge in [-0.25, -0.2) is 13.2 Å². The van der Waals surface area contributed by atoms with E-state index < -0.39 is 28.0 Å². The van der Waals surface area contributed by atoms with Crippen LogP contribution in [0.3, 0.4) is 0 Å². The normalized spacial score (nSPS) is 12.3. The molecule has 1 amide bonds. The third kappa shape index (κ3) is 4.14.